The number of hydrogen-bond donors (Lipinski definition) is 0. The van der Waals surface area contributed by atoms with Crippen LogP contribution in [-0.2, 0) is 0 Å². The summed E-state index contributed by atoms with van der Waals surface area (Å²) in [5.41, 5.74) is 5.09. The molecule has 0 unspecified atom stereocenters. The van der Waals surface area contributed by atoms with Gasteiger partial charge in [-0.25, -0.2) is 0 Å². The fourth-order valence-corrected chi connectivity index (χ4v) is 3.35. The summed E-state index contributed by atoms with van der Waals surface area (Å²) < 4.78 is 0. The van der Waals surface area contributed by atoms with Crippen molar-refractivity contribution in [1.82, 2.24) is 15.1 Å². The van der Waals surface area contributed by atoms with E-state index in [0.29, 0.717) is 0 Å². The lowest BCUT2D eigenvalue weighted by atomic mass is 9.99. The highest BCUT2D eigenvalue weighted by Crippen LogP contribution is 2.30. The summed E-state index contributed by atoms with van der Waals surface area (Å²) in [7, 11) is 0. The first kappa shape index (κ1) is 17.2. The molecule has 2 heterocycles. The third-order valence-electron chi connectivity index (χ3n) is 4.76. The molecule has 1 fully saturated rings. The van der Waals surface area contributed by atoms with Crippen molar-refractivity contribution in [2.45, 2.75) is 12.8 Å². The minimum atomic E-state index is 0.861. The van der Waals surface area contributed by atoms with Crippen LogP contribution < -0.4 is 0 Å². The van der Waals surface area contributed by atoms with Gasteiger partial charge in [-0.05, 0) is 42.8 Å². The Bertz CT molecular complexity index is 924. The largest absolute Gasteiger partial charge is 0.377 e. The highest BCUT2D eigenvalue weighted by Gasteiger charge is 2.10. The van der Waals surface area contributed by atoms with Crippen molar-refractivity contribution >= 4 is 6.08 Å². The molecule has 27 heavy (non-hydrogen) atoms. The van der Waals surface area contributed by atoms with E-state index in [0.717, 1.165) is 41.2 Å². The summed E-state index contributed by atoms with van der Waals surface area (Å²) >= 11 is 0. The Hall–Kier alpha value is -3.20. The molecule has 3 aromatic rings. The molecule has 4 rings (SSSR count). The van der Waals surface area contributed by atoms with E-state index in [4.69, 9.17) is 0 Å². The van der Waals surface area contributed by atoms with Crippen molar-refractivity contribution in [3.05, 3.63) is 90.8 Å². The van der Waals surface area contributed by atoms with Crippen LogP contribution in [0.5, 0.6) is 0 Å². The van der Waals surface area contributed by atoms with Crippen LogP contribution in [0.15, 0.2) is 85.1 Å². The van der Waals surface area contributed by atoms with Gasteiger partial charge in [0.1, 0.15) is 5.69 Å². The highest BCUT2D eigenvalue weighted by molar-refractivity contribution is 5.81. The first-order valence-corrected chi connectivity index (χ1v) is 9.48. The molecule has 0 bridgehead atoms. The summed E-state index contributed by atoms with van der Waals surface area (Å²) in [6.07, 6.45) is 10.9. The van der Waals surface area contributed by atoms with E-state index in [-0.39, 0.29) is 0 Å². The molecular formula is C24H23N3. The van der Waals surface area contributed by atoms with Crippen LogP contribution in [0, 0.1) is 0 Å². The number of rotatable bonds is 5. The van der Waals surface area contributed by atoms with Crippen molar-refractivity contribution in [2.24, 2.45) is 0 Å². The van der Waals surface area contributed by atoms with Gasteiger partial charge in [-0.2, -0.15) is 5.10 Å². The molecule has 1 aliphatic heterocycles. The Morgan fingerprint density at radius 3 is 2.11 bits per heavy atom. The zero-order valence-electron chi connectivity index (χ0n) is 15.3. The van der Waals surface area contributed by atoms with Gasteiger partial charge in [-0.1, -0.05) is 66.7 Å². The quantitative estimate of drug-likeness (QED) is 0.573. The number of likely N-dealkylation sites (tertiary alicyclic amines) is 1. The van der Waals surface area contributed by atoms with Crippen LogP contribution in [0.25, 0.3) is 28.5 Å². The third kappa shape index (κ3) is 4.32. The average Bonchev–Trinajstić information content (AvgIpc) is 3.26. The average molecular weight is 353 g/mol. The molecule has 0 radical (unpaired) electrons. The van der Waals surface area contributed by atoms with Gasteiger partial charge in [-0.15, -0.1) is 5.10 Å². The summed E-state index contributed by atoms with van der Waals surface area (Å²) in [5.74, 6) is 0. The predicted molar refractivity (Wildman–Crippen MR) is 112 cm³/mol. The van der Waals surface area contributed by atoms with Crippen LogP contribution >= 0.6 is 0 Å². The van der Waals surface area contributed by atoms with Gasteiger partial charge < -0.3 is 4.90 Å². The smallest absolute Gasteiger partial charge is 0.101 e. The van der Waals surface area contributed by atoms with E-state index in [2.05, 4.69) is 69.8 Å². The maximum Gasteiger partial charge on any atom is 0.101 e. The molecule has 1 aliphatic rings. The molecule has 134 valence electrons. The molecule has 2 aromatic carbocycles. The number of allylic oxidation sites excluding steroid dienone is 2. The fraction of sp³-hybridized carbons (Fsp3) is 0.167. The number of aromatic nitrogens is 2. The zero-order chi connectivity index (χ0) is 18.3. The Labute approximate surface area is 160 Å². The second-order valence-electron chi connectivity index (χ2n) is 6.71. The molecule has 0 atom stereocenters. The summed E-state index contributed by atoms with van der Waals surface area (Å²) in [6.45, 7) is 2.32. The van der Waals surface area contributed by atoms with Gasteiger partial charge in [-0.3, -0.25) is 0 Å². The minimum absolute atomic E-state index is 0.861. The lowest BCUT2D eigenvalue weighted by Crippen LogP contribution is -2.09. The monoisotopic (exact) mass is 353 g/mol. The van der Waals surface area contributed by atoms with Crippen molar-refractivity contribution in [3.63, 3.8) is 0 Å². The molecular weight excluding hydrogens is 330 g/mol. The Morgan fingerprint density at radius 1 is 0.741 bits per heavy atom. The van der Waals surface area contributed by atoms with Crippen molar-refractivity contribution in [1.29, 1.82) is 0 Å². The maximum atomic E-state index is 4.55. The maximum absolute atomic E-state index is 4.55. The summed E-state index contributed by atoms with van der Waals surface area (Å²) in [5, 5.41) is 8.97. The standard InChI is InChI=1S/C24H23N3/c1-3-11-20(12-4-1)23-19-22(15-7-8-16-27-17-9-10-18-27)25-26-24(23)21-13-5-2-6-14-21/h1-8,11-16,19H,9-10,17-18H2/b15-7+,16-8+. The third-order valence-corrected chi connectivity index (χ3v) is 4.76. The van der Waals surface area contributed by atoms with E-state index in [9.17, 15) is 0 Å². The van der Waals surface area contributed by atoms with Crippen molar-refractivity contribution in [2.75, 3.05) is 13.1 Å². The molecule has 3 heteroatoms. The van der Waals surface area contributed by atoms with Gasteiger partial charge >= 0.3 is 0 Å². The number of nitrogens with zero attached hydrogens (tertiary/aromatic N) is 3. The normalized spacial score (nSPS) is 14.4. The molecule has 0 amide bonds. The SMILES string of the molecule is C(/C=C/N1CCCC1)=C\c1cc(-c2ccccc2)c(-c2ccccc2)nn1. The Balaban J connectivity index is 1.64. The van der Waals surface area contributed by atoms with Crippen LogP contribution in [-0.4, -0.2) is 28.2 Å². The molecule has 3 nitrogen and oxygen atoms in total. The second kappa shape index (κ2) is 8.45. The van der Waals surface area contributed by atoms with Crippen LogP contribution in [0.4, 0.5) is 0 Å². The number of hydrogen-bond acceptors (Lipinski definition) is 3. The van der Waals surface area contributed by atoms with Crippen LogP contribution in [0.2, 0.25) is 0 Å². The van der Waals surface area contributed by atoms with E-state index >= 15 is 0 Å². The summed E-state index contributed by atoms with van der Waals surface area (Å²) in [4.78, 5) is 2.35. The molecule has 0 saturated carbocycles. The Morgan fingerprint density at radius 2 is 1.41 bits per heavy atom. The number of benzene rings is 2. The van der Waals surface area contributed by atoms with E-state index in [1.807, 2.05) is 36.4 Å². The lowest BCUT2D eigenvalue weighted by Gasteiger charge is -2.10. The van der Waals surface area contributed by atoms with Crippen LogP contribution in [0.3, 0.4) is 0 Å². The van der Waals surface area contributed by atoms with Gasteiger partial charge in [0.05, 0.1) is 5.69 Å². The highest BCUT2D eigenvalue weighted by atomic mass is 15.1. The first-order chi connectivity index (χ1) is 13.4. The predicted octanol–water partition coefficient (Wildman–Crippen LogP) is 5.43. The first-order valence-electron chi connectivity index (χ1n) is 9.48. The van der Waals surface area contributed by atoms with Gasteiger partial charge in [0, 0.05) is 24.2 Å². The van der Waals surface area contributed by atoms with Crippen molar-refractivity contribution < 1.29 is 0 Å². The van der Waals surface area contributed by atoms with Crippen molar-refractivity contribution in [3.8, 4) is 22.4 Å². The zero-order valence-corrected chi connectivity index (χ0v) is 15.3. The van der Waals surface area contributed by atoms with Gasteiger partial charge in [0.2, 0.25) is 0 Å². The second-order valence-corrected chi connectivity index (χ2v) is 6.71. The molecule has 1 saturated heterocycles. The van der Waals surface area contributed by atoms with Gasteiger partial charge in [0.15, 0.2) is 0 Å². The van der Waals surface area contributed by atoms with E-state index in [1.165, 1.54) is 12.8 Å². The summed E-state index contributed by atoms with van der Waals surface area (Å²) in [6, 6.07) is 22.7. The van der Waals surface area contributed by atoms with E-state index in [1.54, 1.807) is 0 Å². The molecule has 0 aliphatic carbocycles. The van der Waals surface area contributed by atoms with E-state index < -0.39 is 0 Å². The molecule has 1 aromatic heterocycles. The van der Waals surface area contributed by atoms with Gasteiger partial charge in [0.25, 0.3) is 0 Å². The minimum Gasteiger partial charge on any atom is -0.377 e. The fourth-order valence-electron chi connectivity index (χ4n) is 3.35. The lowest BCUT2D eigenvalue weighted by molar-refractivity contribution is 0.468. The molecule has 0 N–H and O–H groups in total. The van der Waals surface area contributed by atoms with Crippen LogP contribution in [0.1, 0.15) is 18.5 Å². The topological polar surface area (TPSA) is 29.0 Å². The molecule has 0 spiro atoms. The Kier molecular flexibility index (Phi) is 5.39.